The molecule has 1 aliphatic heterocycles. The van der Waals surface area contributed by atoms with Gasteiger partial charge in [0.05, 0.1) is 19.8 Å². The van der Waals surface area contributed by atoms with Crippen LogP contribution in [0.3, 0.4) is 0 Å². The van der Waals surface area contributed by atoms with E-state index in [2.05, 4.69) is 30.2 Å². The Hall–Kier alpha value is -1.16. The van der Waals surface area contributed by atoms with Crippen molar-refractivity contribution in [2.24, 2.45) is 0 Å². The number of rotatable bonds is 32. The molecule has 1 saturated heterocycles. The van der Waals surface area contributed by atoms with E-state index in [9.17, 15) is 28.5 Å². The van der Waals surface area contributed by atoms with Gasteiger partial charge in [-0.3, -0.25) is 9.35 Å². The highest BCUT2D eigenvalue weighted by molar-refractivity contribution is 7.80. The Morgan fingerprint density at radius 3 is 1.84 bits per heavy atom. The second kappa shape index (κ2) is 29.4. The van der Waals surface area contributed by atoms with E-state index in [1.807, 2.05) is 0 Å². The Bertz CT molecular complexity index is 931. The minimum atomic E-state index is -5.05. The van der Waals surface area contributed by atoms with Gasteiger partial charge in [-0.2, -0.15) is 8.42 Å². The van der Waals surface area contributed by atoms with E-state index in [0.29, 0.717) is 13.0 Å². The van der Waals surface area contributed by atoms with Crippen molar-refractivity contribution in [2.45, 2.75) is 185 Å². The molecule has 0 bridgehead atoms. The fraction of sp³-hybridized carbons (Fsp3) is 0.917. The number of unbranched alkanes of at least 4 members (excludes halogenated alkanes) is 17. The van der Waals surface area contributed by atoms with E-state index in [1.165, 1.54) is 64.2 Å². The Morgan fingerprint density at radius 1 is 0.755 bits per heavy atom. The standard InChI is InChI=1S/C36H68O12S/c1-3-5-7-9-11-12-13-14-15-16-17-18-19-21-23-25-32(38)46-30(28-44-26-24-22-20-10-8-6-4-2)29-45-36-34(40)35(48-49(41,42)43)33(39)31(27-37)47-36/h14-15,30-31,33-37,39-40H,3-13,16-29H2,1-2H3,(H,41,42,43)/b15-14-. The van der Waals surface area contributed by atoms with Crippen LogP contribution in [0.4, 0.5) is 0 Å². The lowest BCUT2D eigenvalue weighted by Gasteiger charge is -2.41. The van der Waals surface area contributed by atoms with E-state index < -0.39 is 59.8 Å². The molecule has 49 heavy (non-hydrogen) atoms. The topological polar surface area (TPSA) is 178 Å². The number of hydrogen-bond donors (Lipinski definition) is 4. The third-order valence-corrected chi connectivity index (χ3v) is 9.10. The second-order valence-electron chi connectivity index (χ2n) is 13.2. The van der Waals surface area contributed by atoms with Crippen LogP contribution in [0.5, 0.6) is 0 Å². The molecule has 1 aliphatic rings. The van der Waals surface area contributed by atoms with Gasteiger partial charge in [0, 0.05) is 13.0 Å². The lowest BCUT2D eigenvalue weighted by molar-refractivity contribution is -0.301. The van der Waals surface area contributed by atoms with Crippen LogP contribution in [0.2, 0.25) is 0 Å². The fourth-order valence-electron chi connectivity index (χ4n) is 5.72. The third-order valence-electron chi connectivity index (χ3n) is 8.64. The first-order valence-electron chi connectivity index (χ1n) is 18.9. The summed E-state index contributed by atoms with van der Waals surface area (Å²) >= 11 is 0. The molecule has 0 aromatic rings. The zero-order chi connectivity index (χ0) is 36.2. The number of ether oxygens (including phenoxy) is 4. The first-order chi connectivity index (χ1) is 23.6. The maximum Gasteiger partial charge on any atom is 0.397 e. The summed E-state index contributed by atoms with van der Waals surface area (Å²) in [6.07, 6.45) is 18.4. The predicted octanol–water partition coefficient (Wildman–Crippen LogP) is 6.35. The number of hydrogen-bond acceptors (Lipinski definition) is 11. The van der Waals surface area contributed by atoms with Gasteiger partial charge in [0.25, 0.3) is 0 Å². The van der Waals surface area contributed by atoms with Crippen molar-refractivity contribution in [3.05, 3.63) is 12.2 Å². The summed E-state index contributed by atoms with van der Waals surface area (Å²) in [4.78, 5) is 12.7. The van der Waals surface area contributed by atoms with E-state index in [4.69, 9.17) is 23.5 Å². The normalized spacial score (nSPS) is 22.1. The van der Waals surface area contributed by atoms with Gasteiger partial charge in [-0.25, -0.2) is 4.18 Å². The van der Waals surface area contributed by atoms with Crippen LogP contribution in [-0.4, -0.2) is 97.5 Å². The van der Waals surface area contributed by atoms with Gasteiger partial charge >= 0.3 is 16.4 Å². The molecule has 0 saturated carbocycles. The minimum Gasteiger partial charge on any atom is -0.457 e. The van der Waals surface area contributed by atoms with Crippen molar-refractivity contribution in [3.8, 4) is 0 Å². The van der Waals surface area contributed by atoms with Crippen molar-refractivity contribution in [2.75, 3.05) is 26.4 Å². The van der Waals surface area contributed by atoms with Gasteiger partial charge in [-0.05, 0) is 38.5 Å². The highest BCUT2D eigenvalue weighted by Gasteiger charge is 2.48. The van der Waals surface area contributed by atoms with Crippen LogP contribution in [-0.2, 0) is 38.3 Å². The maximum absolute atomic E-state index is 12.7. The summed E-state index contributed by atoms with van der Waals surface area (Å²) in [6, 6.07) is 0. The first-order valence-corrected chi connectivity index (χ1v) is 20.3. The van der Waals surface area contributed by atoms with E-state index in [0.717, 1.165) is 57.8 Å². The molecule has 1 fully saturated rings. The molecule has 0 amide bonds. The summed E-state index contributed by atoms with van der Waals surface area (Å²) in [5.41, 5.74) is 0. The fourth-order valence-corrected chi connectivity index (χ4v) is 6.23. The summed E-state index contributed by atoms with van der Waals surface area (Å²) in [5.74, 6) is -0.410. The number of carbonyl (C=O) groups is 1. The molecule has 290 valence electrons. The number of esters is 1. The van der Waals surface area contributed by atoms with Crippen LogP contribution >= 0.6 is 0 Å². The van der Waals surface area contributed by atoms with Gasteiger partial charge in [0.1, 0.15) is 30.5 Å². The molecular formula is C36H68O12S. The third kappa shape index (κ3) is 23.8. The Balaban J connectivity index is 2.48. The monoisotopic (exact) mass is 724 g/mol. The molecule has 0 radical (unpaired) electrons. The average molecular weight is 725 g/mol. The predicted molar refractivity (Wildman–Crippen MR) is 188 cm³/mol. The van der Waals surface area contributed by atoms with Crippen molar-refractivity contribution >= 4 is 16.4 Å². The first kappa shape index (κ1) is 45.9. The molecule has 0 aromatic carbocycles. The van der Waals surface area contributed by atoms with E-state index >= 15 is 0 Å². The van der Waals surface area contributed by atoms with Crippen molar-refractivity contribution in [1.82, 2.24) is 0 Å². The molecule has 6 atom stereocenters. The van der Waals surface area contributed by atoms with Crippen LogP contribution < -0.4 is 0 Å². The van der Waals surface area contributed by atoms with Crippen LogP contribution in [0.1, 0.15) is 149 Å². The highest BCUT2D eigenvalue weighted by atomic mass is 32.3. The van der Waals surface area contributed by atoms with Crippen molar-refractivity contribution in [3.63, 3.8) is 0 Å². The lowest BCUT2D eigenvalue weighted by Crippen LogP contribution is -2.60. The largest absolute Gasteiger partial charge is 0.457 e. The maximum atomic E-state index is 12.7. The summed E-state index contributed by atoms with van der Waals surface area (Å²) in [7, 11) is -5.05. The number of aliphatic hydroxyl groups excluding tert-OH is 3. The average Bonchev–Trinajstić information content (AvgIpc) is 3.06. The van der Waals surface area contributed by atoms with Gasteiger partial charge < -0.3 is 34.3 Å². The van der Waals surface area contributed by atoms with E-state index in [-0.39, 0.29) is 19.6 Å². The second-order valence-corrected chi connectivity index (χ2v) is 14.2. The molecule has 12 nitrogen and oxygen atoms in total. The van der Waals surface area contributed by atoms with Gasteiger partial charge in [0.15, 0.2) is 6.29 Å². The van der Waals surface area contributed by atoms with Crippen molar-refractivity contribution in [1.29, 1.82) is 0 Å². The van der Waals surface area contributed by atoms with E-state index in [1.54, 1.807) is 0 Å². The molecule has 0 aliphatic carbocycles. The smallest absolute Gasteiger partial charge is 0.397 e. The molecule has 6 unspecified atom stereocenters. The molecule has 1 rings (SSSR count). The van der Waals surface area contributed by atoms with Gasteiger partial charge in [-0.1, -0.05) is 116 Å². The van der Waals surface area contributed by atoms with Gasteiger partial charge in [-0.15, -0.1) is 0 Å². The zero-order valence-electron chi connectivity index (χ0n) is 30.3. The highest BCUT2D eigenvalue weighted by Crippen LogP contribution is 2.26. The summed E-state index contributed by atoms with van der Waals surface area (Å²) < 4.78 is 58.6. The molecule has 4 N–H and O–H groups in total. The number of allylic oxidation sites excluding steroid dienone is 2. The molecule has 0 spiro atoms. The van der Waals surface area contributed by atoms with Crippen LogP contribution in [0, 0.1) is 0 Å². The van der Waals surface area contributed by atoms with Crippen molar-refractivity contribution < 1.29 is 56.2 Å². The Kier molecular flexibility index (Phi) is 27.5. The number of aliphatic hydroxyl groups is 3. The SMILES string of the molecule is CCCCCCCC/C=C\CCCCCCCC(=O)OC(COCCCCCCCCC)COC1OC(CO)C(O)C(OS(=O)(=O)O)C1O. The zero-order valence-corrected chi connectivity index (χ0v) is 31.1. The summed E-state index contributed by atoms with van der Waals surface area (Å²) in [5, 5.41) is 30.4. The molecule has 0 aromatic heterocycles. The number of carbonyl (C=O) groups excluding carboxylic acids is 1. The minimum absolute atomic E-state index is 0.0355. The Labute approximate surface area is 296 Å². The molecular weight excluding hydrogens is 656 g/mol. The lowest BCUT2D eigenvalue weighted by atomic mass is 9.99. The molecule has 13 heteroatoms. The van der Waals surface area contributed by atoms with Crippen LogP contribution in [0.25, 0.3) is 0 Å². The quantitative estimate of drug-likeness (QED) is 0.0262. The summed E-state index contributed by atoms with van der Waals surface area (Å²) in [6.45, 7) is 3.91. The molecule has 1 heterocycles. The Morgan fingerprint density at radius 2 is 1.29 bits per heavy atom. The van der Waals surface area contributed by atoms with Gasteiger partial charge in [0.2, 0.25) is 0 Å². The van der Waals surface area contributed by atoms with Crippen LogP contribution in [0.15, 0.2) is 12.2 Å².